The Bertz CT molecular complexity index is 979. The van der Waals surface area contributed by atoms with Crippen molar-refractivity contribution in [2.75, 3.05) is 39.8 Å². The van der Waals surface area contributed by atoms with E-state index in [1.165, 1.54) is 17.5 Å². The van der Waals surface area contributed by atoms with Gasteiger partial charge in [0, 0.05) is 48.2 Å². The smallest absolute Gasteiger partial charge is 0.246 e. The number of Topliss-reactive ketones (excluding diaryl/α,β-unsaturated/α-hetero) is 1. The highest BCUT2D eigenvalue weighted by atomic mass is 35.5. The summed E-state index contributed by atoms with van der Waals surface area (Å²) in [5, 5.41) is 0.334. The molecule has 2 aromatic rings. The number of nitrogens with one attached hydrogen (secondary N) is 1. The number of carbonyl (C=O) groups excluding carboxylic acids is 1. The van der Waals surface area contributed by atoms with Crippen LogP contribution in [-0.4, -0.2) is 68.2 Å². The summed E-state index contributed by atoms with van der Waals surface area (Å²) < 4.78 is 32.6. The molecule has 1 N–H and O–H groups in total. The number of H-pyrrole nitrogens is 1. The molecule has 1 aliphatic rings. The molecule has 0 amide bonds. The molecule has 28 heavy (non-hydrogen) atoms. The van der Waals surface area contributed by atoms with E-state index in [1.54, 1.807) is 12.1 Å². The number of rotatable bonds is 6. The summed E-state index contributed by atoms with van der Waals surface area (Å²) in [5.74, 6) is 0.301. The number of aryl methyl sites for hydroxylation is 2. The number of piperazine rings is 1. The van der Waals surface area contributed by atoms with Crippen molar-refractivity contribution in [2.24, 2.45) is 0 Å². The van der Waals surface area contributed by atoms with E-state index in [2.05, 4.69) is 4.98 Å². The summed E-state index contributed by atoms with van der Waals surface area (Å²) in [6.45, 7) is 5.63. The molecule has 0 atom stereocenters. The molecule has 1 aliphatic heterocycles. The summed E-state index contributed by atoms with van der Waals surface area (Å²) in [5.41, 5.74) is 2.50. The van der Waals surface area contributed by atoms with Crippen LogP contribution < -0.4 is 4.74 Å². The number of carbonyl (C=O) groups is 1. The average Bonchev–Trinajstić information content (AvgIpc) is 3.00. The second kappa shape index (κ2) is 8.24. The Morgan fingerprint density at radius 1 is 1.18 bits per heavy atom. The van der Waals surface area contributed by atoms with Crippen molar-refractivity contribution >= 4 is 27.4 Å². The number of nitrogens with zero attached hydrogens (tertiary/aromatic N) is 2. The number of aromatic amines is 1. The predicted molar refractivity (Wildman–Crippen MR) is 108 cm³/mol. The lowest BCUT2D eigenvalue weighted by molar-refractivity contribution is 0.0901. The molecule has 0 radical (unpaired) electrons. The number of methoxy groups -OCH3 is 1. The third-order valence-electron chi connectivity index (χ3n) is 4.89. The number of ketones is 1. The van der Waals surface area contributed by atoms with Crippen LogP contribution in [0.2, 0.25) is 5.02 Å². The molecule has 0 spiro atoms. The van der Waals surface area contributed by atoms with Gasteiger partial charge in [-0.25, -0.2) is 8.42 Å². The highest BCUT2D eigenvalue weighted by Crippen LogP contribution is 2.30. The normalized spacial score (nSPS) is 16.3. The lowest BCUT2D eigenvalue weighted by Gasteiger charge is -2.33. The van der Waals surface area contributed by atoms with Crippen molar-refractivity contribution in [1.82, 2.24) is 14.2 Å². The van der Waals surface area contributed by atoms with Crippen LogP contribution in [0.4, 0.5) is 0 Å². The molecule has 0 bridgehead atoms. The van der Waals surface area contributed by atoms with Gasteiger partial charge in [0.1, 0.15) is 10.6 Å². The molecular formula is C19H24ClN3O4S. The number of hydrogen-bond acceptors (Lipinski definition) is 5. The maximum absolute atomic E-state index is 13.0. The van der Waals surface area contributed by atoms with Crippen LogP contribution in [0.25, 0.3) is 0 Å². The molecule has 0 saturated carbocycles. The van der Waals surface area contributed by atoms with Gasteiger partial charge in [-0.05, 0) is 38.1 Å². The molecule has 1 aromatic carbocycles. The fraction of sp³-hybridized carbons (Fsp3) is 0.421. The maximum Gasteiger partial charge on any atom is 0.246 e. The van der Waals surface area contributed by atoms with Gasteiger partial charge in [-0.1, -0.05) is 11.6 Å². The predicted octanol–water partition coefficient (Wildman–Crippen LogP) is 2.48. The van der Waals surface area contributed by atoms with Gasteiger partial charge in [-0.15, -0.1) is 0 Å². The summed E-state index contributed by atoms with van der Waals surface area (Å²) in [6.07, 6.45) is 0. The van der Waals surface area contributed by atoms with E-state index in [-0.39, 0.29) is 23.0 Å². The molecule has 1 saturated heterocycles. The first-order chi connectivity index (χ1) is 13.2. The zero-order valence-corrected chi connectivity index (χ0v) is 17.7. The number of ether oxygens (including phenoxy) is 1. The fourth-order valence-corrected chi connectivity index (χ4v) is 5.26. The van der Waals surface area contributed by atoms with E-state index in [0.29, 0.717) is 36.8 Å². The number of hydrogen-bond donors (Lipinski definition) is 1. The lowest BCUT2D eigenvalue weighted by atomic mass is 10.1. The van der Waals surface area contributed by atoms with Gasteiger partial charge in [0.15, 0.2) is 5.78 Å². The second-order valence-corrected chi connectivity index (χ2v) is 9.23. The fourth-order valence-electron chi connectivity index (χ4n) is 3.42. The highest BCUT2D eigenvalue weighted by molar-refractivity contribution is 7.89. The molecule has 7 nitrogen and oxygen atoms in total. The zero-order chi connectivity index (χ0) is 20.5. The first-order valence-corrected chi connectivity index (χ1v) is 10.8. The molecule has 0 aliphatic carbocycles. The van der Waals surface area contributed by atoms with Crippen molar-refractivity contribution in [3.8, 4) is 5.75 Å². The Labute approximate surface area is 170 Å². The van der Waals surface area contributed by atoms with Gasteiger partial charge in [0.05, 0.1) is 13.7 Å². The Balaban J connectivity index is 1.67. The standard InChI is InChI=1S/C19H24ClN3O4S/c1-13-10-16(14(2)21-13)17(24)12-22-6-8-23(9-7-22)28(25,26)19-11-15(20)4-5-18(19)27-3/h4-5,10-11,21H,6-9,12H2,1-3H3. The van der Waals surface area contributed by atoms with Gasteiger partial charge in [-0.3, -0.25) is 9.69 Å². The van der Waals surface area contributed by atoms with Crippen LogP contribution in [0.15, 0.2) is 29.2 Å². The van der Waals surface area contributed by atoms with E-state index >= 15 is 0 Å². The molecular weight excluding hydrogens is 402 g/mol. The van der Waals surface area contributed by atoms with Crippen molar-refractivity contribution < 1.29 is 17.9 Å². The first kappa shape index (κ1) is 20.9. The van der Waals surface area contributed by atoms with Crippen molar-refractivity contribution in [3.05, 3.63) is 46.2 Å². The largest absolute Gasteiger partial charge is 0.495 e. The van der Waals surface area contributed by atoms with Crippen LogP contribution in [0.5, 0.6) is 5.75 Å². The van der Waals surface area contributed by atoms with Crippen LogP contribution in [0.3, 0.4) is 0 Å². The molecule has 152 valence electrons. The summed E-state index contributed by atoms with van der Waals surface area (Å²) in [4.78, 5) is 17.7. The van der Waals surface area contributed by atoms with Gasteiger partial charge < -0.3 is 9.72 Å². The Kier molecular flexibility index (Phi) is 6.14. The zero-order valence-electron chi connectivity index (χ0n) is 16.2. The van der Waals surface area contributed by atoms with Crippen molar-refractivity contribution in [1.29, 1.82) is 0 Å². The molecule has 9 heteroatoms. The molecule has 2 heterocycles. The molecule has 0 unspecified atom stereocenters. The third kappa shape index (κ3) is 4.25. The van der Waals surface area contributed by atoms with Crippen LogP contribution in [0.1, 0.15) is 21.7 Å². The number of sulfonamides is 1. The van der Waals surface area contributed by atoms with Crippen molar-refractivity contribution in [3.63, 3.8) is 0 Å². The minimum atomic E-state index is -3.73. The molecule has 1 fully saturated rings. The minimum absolute atomic E-state index is 0.0367. The number of aromatic nitrogens is 1. The van der Waals surface area contributed by atoms with E-state index in [0.717, 1.165) is 11.4 Å². The van der Waals surface area contributed by atoms with E-state index in [4.69, 9.17) is 16.3 Å². The van der Waals surface area contributed by atoms with Gasteiger partial charge >= 0.3 is 0 Å². The first-order valence-electron chi connectivity index (χ1n) is 8.98. The second-order valence-electron chi connectivity index (χ2n) is 6.89. The molecule has 1 aromatic heterocycles. The van der Waals surface area contributed by atoms with Crippen LogP contribution >= 0.6 is 11.6 Å². The number of benzene rings is 1. The maximum atomic E-state index is 13.0. The van der Waals surface area contributed by atoms with Crippen molar-refractivity contribution in [2.45, 2.75) is 18.7 Å². The Hall–Kier alpha value is -1.87. The number of halogens is 1. The van der Waals surface area contributed by atoms with E-state index < -0.39 is 10.0 Å². The molecule has 3 rings (SSSR count). The minimum Gasteiger partial charge on any atom is -0.495 e. The van der Waals surface area contributed by atoms with Crippen LogP contribution in [-0.2, 0) is 10.0 Å². The highest BCUT2D eigenvalue weighted by Gasteiger charge is 2.31. The lowest BCUT2D eigenvalue weighted by Crippen LogP contribution is -2.49. The summed E-state index contributed by atoms with van der Waals surface area (Å²) in [7, 11) is -2.30. The van der Waals surface area contributed by atoms with Gasteiger partial charge in [0.25, 0.3) is 0 Å². The quantitative estimate of drug-likeness (QED) is 0.719. The van der Waals surface area contributed by atoms with Gasteiger partial charge in [-0.2, -0.15) is 4.31 Å². The van der Waals surface area contributed by atoms with Crippen LogP contribution in [0, 0.1) is 13.8 Å². The summed E-state index contributed by atoms with van der Waals surface area (Å²) >= 11 is 5.99. The topological polar surface area (TPSA) is 82.7 Å². The Morgan fingerprint density at radius 3 is 2.43 bits per heavy atom. The Morgan fingerprint density at radius 2 is 1.86 bits per heavy atom. The van der Waals surface area contributed by atoms with Gasteiger partial charge in [0.2, 0.25) is 10.0 Å². The van der Waals surface area contributed by atoms with E-state index in [9.17, 15) is 13.2 Å². The SMILES string of the molecule is COc1ccc(Cl)cc1S(=O)(=O)N1CCN(CC(=O)c2cc(C)[nH]c2C)CC1. The summed E-state index contributed by atoms with van der Waals surface area (Å²) in [6, 6.07) is 6.39. The third-order valence-corrected chi connectivity index (χ3v) is 7.05. The monoisotopic (exact) mass is 425 g/mol. The van der Waals surface area contributed by atoms with E-state index in [1.807, 2.05) is 24.8 Å². The average molecular weight is 426 g/mol.